The molecule has 0 radical (unpaired) electrons. The molecular formula is C9H10FNO. The van der Waals surface area contributed by atoms with Gasteiger partial charge < -0.3 is 5.73 Å². The van der Waals surface area contributed by atoms with Gasteiger partial charge in [-0.2, -0.15) is 0 Å². The first kappa shape index (κ1) is 8.71. The molecule has 0 bridgehead atoms. The summed E-state index contributed by atoms with van der Waals surface area (Å²) in [5, 5.41) is 0. The van der Waals surface area contributed by atoms with E-state index in [9.17, 15) is 9.18 Å². The second kappa shape index (κ2) is 2.93. The van der Waals surface area contributed by atoms with E-state index >= 15 is 0 Å². The summed E-state index contributed by atoms with van der Waals surface area (Å²) in [4.78, 5) is 10.9. The molecule has 12 heavy (non-hydrogen) atoms. The predicted octanol–water partition coefficient (Wildman–Crippen LogP) is 1.54. The minimum atomic E-state index is -0.579. The number of hydrogen-bond acceptors (Lipinski definition) is 1. The SMILES string of the molecule is Cc1ccc(F)c(C)c1C(N)=O. The number of nitrogens with two attached hydrogens (primary N) is 1. The van der Waals surface area contributed by atoms with E-state index in [4.69, 9.17) is 5.73 Å². The summed E-state index contributed by atoms with van der Waals surface area (Å²) in [6.07, 6.45) is 0. The van der Waals surface area contributed by atoms with E-state index in [1.807, 2.05) is 0 Å². The minimum absolute atomic E-state index is 0.287. The van der Waals surface area contributed by atoms with Gasteiger partial charge >= 0.3 is 0 Å². The van der Waals surface area contributed by atoms with Gasteiger partial charge in [0.2, 0.25) is 5.91 Å². The van der Waals surface area contributed by atoms with Gasteiger partial charge in [0.1, 0.15) is 5.82 Å². The number of carbonyl (C=O) groups is 1. The van der Waals surface area contributed by atoms with Gasteiger partial charge in [0.05, 0.1) is 0 Å². The third-order valence-electron chi connectivity index (χ3n) is 1.85. The van der Waals surface area contributed by atoms with Crippen LogP contribution >= 0.6 is 0 Å². The van der Waals surface area contributed by atoms with Gasteiger partial charge in [0, 0.05) is 5.56 Å². The molecule has 0 saturated carbocycles. The number of carbonyl (C=O) groups excluding carboxylic acids is 1. The van der Waals surface area contributed by atoms with Crippen molar-refractivity contribution >= 4 is 5.91 Å². The standard InChI is InChI=1S/C9H10FNO/c1-5-3-4-7(10)6(2)8(5)9(11)12/h3-4H,1-2H3,(H2,11,12). The van der Waals surface area contributed by atoms with Crippen molar-refractivity contribution in [3.05, 3.63) is 34.6 Å². The highest BCUT2D eigenvalue weighted by molar-refractivity contribution is 5.95. The van der Waals surface area contributed by atoms with E-state index in [-0.39, 0.29) is 5.56 Å². The smallest absolute Gasteiger partial charge is 0.249 e. The molecule has 1 amide bonds. The molecule has 0 aromatic heterocycles. The fourth-order valence-corrected chi connectivity index (χ4v) is 1.20. The average Bonchev–Trinajstić information content (AvgIpc) is 1.97. The molecule has 0 fully saturated rings. The molecule has 0 aliphatic rings. The second-order valence-electron chi connectivity index (χ2n) is 2.73. The molecule has 1 aromatic carbocycles. The second-order valence-corrected chi connectivity index (χ2v) is 2.73. The van der Waals surface area contributed by atoms with Crippen LogP contribution in [0.15, 0.2) is 12.1 Å². The van der Waals surface area contributed by atoms with Crippen LogP contribution in [-0.4, -0.2) is 5.91 Å². The molecule has 64 valence electrons. The van der Waals surface area contributed by atoms with Crippen LogP contribution in [0.1, 0.15) is 21.5 Å². The van der Waals surface area contributed by atoms with E-state index in [0.717, 1.165) is 0 Å². The van der Waals surface area contributed by atoms with Crippen molar-refractivity contribution in [1.29, 1.82) is 0 Å². The molecule has 2 N–H and O–H groups in total. The molecule has 0 heterocycles. The Labute approximate surface area is 70.2 Å². The average molecular weight is 167 g/mol. The van der Waals surface area contributed by atoms with Crippen molar-refractivity contribution in [2.24, 2.45) is 5.73 Å². The lowest BCUT2D eigenvalue weighted by molar-refractivity contribution is 0.0998. The molecule has 0 unspecified atom stereocenters. The third-order valence-corrected chi connectivity index (χ3v) is 1.85. The van der Waals surface area contributed by atoms with E-state index in [0.29, 0.717) is 11.1 Å². The molecule has 1 rings (SSSR count). The Hall–Kier alpha value is -1.38. The lowest BCUT2D eigenvalue weighted by atomic mass is 10.0. The number of rotatable bonds is 1. The maximum atomic E-state index is 12.9. The number of aryl methyl sites for hydroxylation is 1. The van der Waals surface area contributed by atoms with Crippen molar-refractivity contribution in [2.75, 3.05) is 0 Å². The van der Waals surface area contributed by atoms with E-state index in [2.05, 4.69) is 0 Å². The van der Waals surface area contributed by atoms with Crippen molar-refractivity contribution in [3.8, 4) is 0 Å². The van der Waals surface area contributed by atoms with Crippen LogP contribution in [0.3, 0.4) is 0 Å². The van der Waals surface area contributed by atoms with E-state index in [1.165, 1.54) is 6.07 Å². The minimum Gasteiger partial charge on any atom is -0.366 e. The van der Waals surface area contributed by atoms with Crippen LogP contribution in [0.2, 0.25) is 0 Å². The lowest BCUT2D eigenvalue weighted by Crippen LogP contribution is -2.15. The van der Waals surface area contributed by atoms with Gasteiger partial charge in [-0.25, -0.2) is 4.39 Å². The normalized spacial score (nSPS) is 9.92. The Balaban J connectivity index is 3.43. The summed E-state index contributed by atoms with van der Waals surface area (Å²) in [5.41, 5.74) is 6.40. The van der Waals surface area contributed by atoms with Crippen molar-refractivity contribution in [1.82, 2.24) is 0 Å². The largest absolute Gasteiger partial charge is 0.366 e. The summed E-state index contributed by atoms with van der Waals surface area (Å²) < 4.78 is 12.9. The van der Waals surface area contributed by atoms with E-state index < -0.39 is 11.7 Å². The number of amides is 1. The molecule has 0 aliphatic heterocycles. The zero-order valence-corrected chi connectivity index (χ0v) is 7.02. The number of hydrogen-bond donors (Lipinski definition) is 1. The van der Waals surface area contributed by atoms with Crippen molar-refractivity contribution in [2.45, 2.75) is 13.8 Å². The predicted molar refractivity (Wildman–Crippen MR) is 44.4 cm³/mol. The molecule has 1 aromatic rings. The fourth-order valence-electron chi connectivity index (χ4n) is 1.20. The Morgan fingerprint density at radius 2 is 2.00 bits per heavy atom. The summed E-state index contributed by atoms with van der Waals surface area (Å²) in [5.74, 6) is -0.973. The molecule has 0 saturated heterocycles. The van der Waals surface area contributed by atoms with Gasteiger partial charge in [-0.1, -0.05) is 6.07 Å². The van der Waals surface area contributed by atoms with Crippen molar-refractivity contribution in [3.63, 3.8) is 0 Å². The van der Waals surface area contributed by atoms with Gasteiger partial charge in [-0.15, -0.1) is 0 Å². The van der Waals surface area contributed by atoms with E-state index in [1.54, 1.807) is 19.9 Å². The molecule has 0 atom stereocenters. The van der Waals surface area contributed by atoms with Crippen LogP contribution in [0, 0.1) is 19.7 Å². The number of primary amides is 1. The molecule has 0 spiro atoms. The van der Waals surface area contributed by atoms with Gasteiger partial charge in [-0.05, 0) is 31.0 Å². The maximum Gasteiger partial charge on any atom is 0.249 e. The Bertz CT molecular complexity index is 334. The summed E-state index contributed by atoms with van der Waals surface area (Å²) in [6, 6.07) is 2.87. The Kier molecular flexibility index (Phi) is 2.13. The quantitative estimate of drug-likeness (QED) is 0.677. The highest BCUT2D eigenvalue weighted by Crippen LogP contribution is 2.15. The summed E-state index contributed by atoms with van der Waals surface area (Å²) in [6.45, 7) is 3.27. The Morgan fingerprint density at radius 3 is 2.42 bits per heavy atom. The third kappa shape index (κ3) is 1.30. The zero-order chi connectivity index (χ0) is 9.30. The van der Waals surface area contributed by atoms with Crippen molar-refractivity contribution < 1.29 is 9.18 Å². The fraction of sp³-hybridized carbons (Fsp3) is 0.222. The Morgan fingerprint density at radius 1 is 1.42 bits per heavy atom. The maximum absolute atomic E-state index is 12.9. The molecule has 2 nitrogen and oxygen atoms in total. The molecule has 3 heteroatoms. The van der Waals surface area contributed by atoms with Crippen LogP contribution < -0.4 is 5.73 Å². The monoisotopic (exact) mass is 167 g/mol. The topological polar surface area (TPSA) is 43.1 Å². The lowest BCUT2D eigenvalue weighted by Gasteiger charge is -2.05. The first-order chi connectivity index (χ1) is 5.54. The summed E-state index contributed by atoms with van der Waals surface area (Å²) >= 11 is 0. The molecular weight excluding hydrogens is 157 g/mol. The first-order valence-electron chi connectivity index (χ1n) is 3.59. The van der Waals surface area contributed by atoms with Crippen LogP contribution in [0.4, 0.5) is 4.39 Å². The molecule has 0 aliphatic carbocycles. The highest BCUT2D eigenvalue weighted by Gasteiger charge is 2.11. The van der Waals surface area contributed by atoms with Crippen LogP contribution in [0.5, 0.6) is 0 Å². The van der Waals surface area contributed by atoms with Gasteiger partial charge in [0.25, 0.3) is 0 Å². The highest BCUT2D eigenvalue weighted by atomic mass is 19.1. The van der Waals surface area contributed by atoms with Crippen LogP contribution in [-0.2, 0) is 0 Å². The number of halogens is 1. The van der Waals surface area contributed by atoms with Crippen LogP contribution in [0.25, 0.3) is 0 Å². The first-order valence-corrected chi connectivity index (χ1v) is 3.59. The number of benzene rings is 1. The zero-order valence-electron chi connectivity index (χ0n) is 7.02. The van der Waals surface area contributed by atoms with Gasteiger partial charge in [0.15, 0.2) is 0 Å². The van der Waals surface area contributed by atoms with Gasteiger partial charge in [-0.3, -0.25) is 4.79 Å². The summed E-state index contributed by atoms with van der Waals surface area (Å²) in [7, 11) is 0.